The number of hydrogen-bond donors (Lipinski definition) is 2. The van der Waals surface area contributed by atoms with E-state index in [-0.39, 0.29) is 12.5 Å². The van der Waals surface area contributed by atoms with Gasteiger partial charge in [0.25, 0.3) is 0 Å². The van der Waals surface area contributed by atoms with Crippen LogP contribution in [0.15, 0.2) is 30.5 Å². The number of anilines is 2. The molecule has 0 bridgehead atoms. The standard InChI is InChI=1S/C13H15N3O2/c1-2-18-11(17)8-16-13-12-9(6-7-15-13)4-3-5-10(12)14/h3-7H,2,8,14H2,1H3,(H,15,16). The number of nitrogens with zero attached hydrogens (tertiary/aromatic N) is 1. The van der Waals surface area contributed by atoms with Crippen LogP contribution in [0.5, 0.6) is 0 Å². The van der Waals surface area contributed by atoms with E-state index in [2.05, 4.69) is 10.3 Å². The monoisotopic (exact) mass is 245 g/mol. The lowest BCUT2D eigenvalue weighted by Gasteiger charge is -2.09. The Morgan fingerprint density at radius 1 is 1.44 bits per heavy atom. The Labute approximate surface area is 105 Å². The first kappa shape index (κ1) is 12.2. The van der Waals surface area contributed by atoms with Crippen LogP contribution < -0.4 is 11.1 Å². The molecule has 94 valence electrons. The van der Waals surface area contributed by atoms with Crippen molar-refractivity contribution in [3.63, 3.8) is 0 Å². The number of fused-ring (bicyclic) bond motifs is 1. The summed E-state index contributed by atoms with van der Waals surface area (Å²) in [5.74, 6) is 0.282. The molecular formula is C13H15N3O2. The number of nitrogens with two attached hydrogens (primary N) is 1. The third-order valence-electron chi connectivity index (χ3n) is 2.53. The second kappa shape index (κ2) is 5.35. The van der Waals surface area contributed by atoms with Crippen molar-refractivity contribution in [1.29, 1.82) is 0 Å². The highest BCUT2D eigenvalue weighted by Gasteiger charge is 2.07. The molecular weight excluding hydrogens is 230 g/mol. The molecule has 0 unspecified atom stereocenters. The van der Waals surface area contributed by atoms with Crippen LogP contribution in [0, 0.1) is 0 Å². The van der Waals surface area contributed by atoms with Gasteiger partial charge in [0.2, 0.25) is 0 Å². The molecule has 5 heteroatoms. The minimum absolute atomic E-state index is 0.0777. The van der Waals surface area contributed by atoms with E-state index in [1.807, 2.05) is 18.2 Å². The smallest absolute Gasteiger partial charge is 0.325 e. The summed E-state index contributed by atoms with van der Waals surface area (Å²) in [5.41, 5.74) is 6.56. The molecule has 5 nitrogen and oxygen atoms in total. The zero-order valence-corrected chi connectivity index (χ0v) is 10.1. The molecule has 0 saturated heterocycles. The average molecular weight is 245 g/mol. The largest absolute Gasteiger partial charge is 0.465 e. The summed E-state index contributed by atoms with van der Waals surface area (Å²) in [6.07, 6.45) is 1.68. The summed E-state index contributed by atoms with van der Waals surface area (Å²) in [6, 6.07) is 7.51. The molecule has 0 saturated carbocycles. The molecule has 0 radical (unpaired) electrons. The fourth-order valence-corrected chi connectivity index (χ4v) is 1.76. The van der Waals surface area contributed by atoms with Crippen molar-refractivity contribution in [2.75, 3.05) is 24.2 Å². The zero-order valence-electron chi connectivity index (χ0n) is 10.1. The Balaban J connectivity index is 2.25. The Morgan fingerprint density at radius 2 is 2.28 bits per heavy atom. The number of benzene rings is 1. The van der Waals surface area contributed by atoms with Gasteiger partial charge in [-0.1, -0.05) is 12.1 Å². The summed E-state index contributed by atoms with van der Waals surface area (Å²) < 4.78 is 4.85. The highest BCUT2D eigenvalue weighted by atomic mass is 16.5. The van der Waals surface area contributed by atoms with E-state index in [1.165, 1.54) is 0 Å². The van der Waals surface area contributed by atoms with Crippen LogP contribution in [0.2, 0.25) is 0 Å². The molecule has 0 aliphatic heterocycles. The van der Waals surface area contributed by atoms with Gasteiger partial charge in [0, 0.05) is 17.3 Å². The summed E-state index contributed by atoms with van der Waals surface area (Å²) in [5, 5.41) is 4.75. The molecule has 1 aromatic heterocycles. The van der Waals surface area contributed by atoms with Crippen molar-refractivity contribution >= 4 is 28.2 Å². The first-order chi connectivity index (χ1) is 8.72. The van der Waals surface area contributed by atoms with Crippen molar-refractivity contribution in [3.8, 4) is 0 Å². The molecule has 18 heavy (non-hydrogen) atoms. The lowest BCUT2D eigenvalue weighted by Crippen LogP contribution is -2.17. The summed E-state index contributed by atoms with van der Waals surface area (Å²) in [6.45, 7) is 2.21. The van der Waals surface area contributed by atoms with Gasteiger partial charge in [0.05, 0.1) is 6.61 Å². The van der Waals surface area contributed by atoms with Crippen LogP contribution in [-0.4, -0.2) is 24.1 Å². The van der Waals surface area contributed by atoms with Crippen LogP contribution in [0.3, 0.4) is 0 Å². The third-order valence-corrected chi connectivity index (χ3v) is 2.53. The molecule has 2 rings (SSSR count). The number of carbonyl (C=O) groups excluding carboxylic acids is 1. The maximum absolute atomic E-state index is 11.3. The Bertz CT molecular complexity index is 564. The predicted octanol–water partition coefficient (Wildman–Crippen LogP) is 1.79. The summed E-state index contributed by atoms with van der Waals surface area (Å²) in [7, 11) is 0. The van der Waals surface area contributed by atoms with Crippen molar-refractivity contribution in [2.45, 2.75) is 6.92 Å². The fraction of sp³-hybridized carbons (Fsp3) is 0.231. The Kier molecular flexibility index (Phi) is 3.62. The van der Waals surface area contributed by atoms with Crippen molar-refractivity contribution in [2.24, 2.45) is 0 Å². The molecule has 0 spiro atoms. The lowest BCUT2D eigenvalue weighted by atomic mass is 10.1. The molecule has 1 heterocycles. The van der Waals surface area contributed by atoms with Crippen LogP contribution in [0.4, 0.5) is 11.5 Å². The SMILES string of the molecule is CCOC(=O)CNc1nccc2cccc(N)c12. The van der Waals surface area contributed by atoms with Crippen LogP contribution in [0.25, 0.3) is 10.8 Å². The number of nitrogen functional groups attached to an aromatic ring is 1. The van der Waals surface area contributed by atoms with E-state index in [4.69, 9.17) is 10.5 Å². The maximum atomic E-state index is 11.3. The highest BCUT2D eigenvalue weighted by molar-refractivity contribution is 6.01. The predicted molar refractivity (Wildman–Crippen MR) is 71.3 cm³/mol. The third kappa shape index (κ3) is 2.51. The van der Waals surface area contributed by atoms with E-state index >= 15 is 0 Å². The molecule has 0 aliphatic carbocycles. The van der Waals surface area contributed by atoms with E-state index in [0.29, 0.717) is 18.1 Å². The summed E-state index contributed by atoms with van der Waals surface area (Å²) in [4.78, 5) is 15.5. The molecule has 3 N–H and O–H groups in total. The second-order valence-corrected chi connectivity index (χ2v) is 3.76. The summed E-state index contributed by atoms with van der Waals surface area (Å²) >= 11 is 0. The number of carbonyl (C=O) groups is 1. The molecule has 2 aromatic rings. The number of pyridine rings is 1. The molecule has 0 fully saturated rings. The van der Waals surface area contributed by atoms with Crippen molar-refractivity contribution in [3.05, 3.63) is 30.5 Å². The van der Waals surface area contributed by atoms with Gasteiger partial charge < -0.3 is 15.8 Å². The van der Waals surface area contributed by atoms with Crippen LogP contribution >= 0.6 is 0 Å². The van der Waals surface area contributed by atoms with E-state index in [9.17, 15) is 4.79 Å². The number of esters is 1. The van der Waals surface area contributed by atoms with E-state index < -0.39 is 0 Å². The van der Waals surface area contributed by atoms with Gasteiger partial charge in [0.15, 0.2) is 0 Å². The molecule has 0 atom stereocenters. The first-order valence-electron chi connectivity index (χ1n) is 5.75. The maximum Gasteiger partial charge on any atom is 0.325 e. The Hall–Kier alpha value is -2.30. The van der Waals surface area contributed by atoms with E-state index in [0.717, 1.165) is 10.8 Å². The fourth-order valence-electron chi connectivity index (χ4n) is 1.76. The number of hydrogen-bond acceptors (Lipinski definition) is 5. The van der Waals surface area contributed by atoms with Gasteiger partial charge >= 0.3 is 5.97 Å². The van der Waals surface area contributed by atoms with Gasteiger partial charge in [-0.2, -0.15) is 0 Å². The van der Waals surface area contributed by atoms with Gasteiger partial charge in [-0.05, 0) is 24.4 Å². The van der Waals surface area contributed by atoms with Gasteiger partial charge in [0.1, 0.15) is 12.4 Å². The van der Waals surface area contributed by atoms with Gasteiger partial charge in [-0.15, -0.1) is 0 Å². The van der Waals surface area contributed by atoms with Gasteiger partial charge in [-0.25, -0.2) is 4.98 Å². The highest BCUT2D eigenvalue weighted by Crippen LogP contribution is 2.26. The molecule has 1 aromatic carbocycles. The Morgan fingerprint density at radius 3 is 3.06 bits per heavy atom. The van der Waals surface area contributed by atoms with Crippen LogP contribution in [-0.2, 0) is 9.53 Å². The minimum Gasteiger partial charge on any atom is -0.465 e. The number of ether oxygens (including phenoxy) is 1. The molecule has 0 aliphatic rings. The average Bonchev–Trinajstić information content (AvgIpc) is 2.37. The lowest BCUT2D eigenvalue weighted by molar-refractivity contribution is -0.140. The topological polar surface area (TPSA) is 77.2 Å². The minimum atomic E-state index is -0.314. The van der Waals surface area contributed by atoms with Crippen molar-refractivity contribution in [1.82, 2.24) is 4.98 Å². The molecule has 0 amide bonds. The normalized spacial score (nSPS) is 10.3. The van der Waals surface area contributed by atoms with Crippen LogP contribution in [0.1, 0.15) is 6.92 Å². The first-order valence-corrected chi connectivity index (χ1v) is 5.75. The second-order valence-electron chi connectivity index (χ2n) is 3.76. The number of aromatic nitrogens is 1. The van der Waals surface area contributed by atoms with Gasteiger partial charge in [-0.3, -0.25) is 4.79 Å². The van der Waals surface area contributed by atoms with E-state index in [1.54, 1.807) is 19.2 Å². The zero-order chi connectivity index (χ0) is 13.0. The number of nitrogens with one attached hydrogen (secondary N) is 1. The van der Waals surface area contributed by atoms with Crippen molar-refractivity contribution < 1.29 is 9.53 Å². The quantitative estimate of drug-likeness (QED) is 0.634. The number of rotatable bonds is 4.